The SMILES string of the molecule is CC(O)c1ccc(/C=C/C2CCC(c3ccc(C4CO4)c(F)c3)CC2)c(F)c1F. The van der Waals surface area contributed by atoms with Gasteiger partial charge in [-0.3, -0.25) is 0 Å². The molecule has 1 N–H and O–H groups in total. The van der Waals surface area contributed by atoms with E-state index in [1.165, 1.54) is 19.1 Å². The fourth-order valence-corrected chi connectivity index (χ4v) is 4.20. The van der Waals surface area contributed by atoms with Crippen molar-refractivity contribution >= 4 is 6.08 Å². The molecule has 2 aromatic rings. The lowest BCUT2D eigenvalue weighted by atomic mass is 9.78. The summed E-state index contributed by atoms with van der Waals surface area (Å²) >= 11 is 0. The minimum Gasteiger partial charge on any atom is -0.389 e. The summed E-state index contributed by atoms with van der Waals surface area (Å²) in [6.07, 6.45) is 6.15. The molecular weight excluding hydrogens is 377 g/mol. The third-order valence-corrected chi connectivity index (χ3v) is 6.09. The summed E-state index contributed by atoms with van der Waals surface area (Å²) < 4.78 is 47.7. The maximum Gasteiger partial charge on any atom is 0.166 e. The molecule has 4 rings (SSSR count). The Morgan fingerprint density at radius 3 is 2.38 bits per heavy atom. The van der Waals surface area contributed by atoms with Crippen LogP contribution < -0.4 is 0 Å². The molecule has 2 atom stereocenters. The summed E-state index contributed by atoms with van der Waals surface area (Å²) in [5, 5.41) is 9.48. The van der Waals surface area contributed by atoms with E-state index in [0.29, 0.717) is 18.1 Å². The number of hydrogen-bond donors (Lipinski definition) is 1. The number of aliphatic hydroxyl groups is 1. The number of hydrogen-bond acceptors (Lipinski definition) is 2. The van der Waals surface area contributed by atoms with E-state index < -0.39 is 17.7 Å². The van der Waals surface area contributed by atoms with Crippen molar-refractivity contribution < 1.29 is 23.0 Å². The Bertz CT molecular complexity index is 911. The van der Waals surface area contributed by atoms with Crippen LogP contribution >= 0.6 is 0 Å². The van der Waals surface area contributed by atoms with E-state index in [1.807, 2.05) is 18.2 Å². The number of halogens is 3. The number of allylic oxidation sites excluding steroid dienone is 1. The molecular formula is C24H25F3O2. The van der Waals surface area contributed by atoms with Crippen LogP contribution in [0.1, 0.15) is 73.0 Å². The smallest absolute Gasteiger partial charge is 0.166 e. The van der Waals surface area contributed by atoms with E-state index in [4.69, 9.17) is 4.74 Å². The molecule has 1 heterocycles. The van der Waals surface area contributed by atoms with Gasteiger partial charge in [0.05, 0.1) is 12.7 Å². The van der Waals surface area contributed by atoms with Gasteiger partial charge in [-0.25, -0.2) is 13.2 Å². The Hall–Kier alpha value is -2.11. The molecule has 154 valence electrons. The fraction of sp³-hybridized carbons (Fsp3) is 0.417. The summed E-state index contributed by atoms with van der Waals surface area (Å²) in [6, 6.07) is 8.39. The van der Waals surface area contributed by atoms with Crippen LogP contribution in [0, 0.1) is 23.4 Å². The molecule has 29 heavy (non-hydrogen) atoms. The molecule has 2 aliphatic rings. The van der Waals surface area contributed by atoms with Gasteiger partial charge in [0.15, 0.2) is 11.6 Å². The molecule has 0 aromatic heterocycles. The van der Waals surface area contributed by atoms with E-state index in [9.17, 15) is 18.3 Å². The summed E-state index contributed by atoms with van der Waals surface area (Å²) in [5.41, 5.74) is 1.82. The van der Waals surface area contributed by atoms with Crippen molar-refractivity contribution in [2.75, 3.05) is 6.61 Å². The highest BCUT2D eigenvalue weighted by molar-refractivity contribution is 5.51. The standard InChI is InChI=1S/C24H25F3O2/c1-14(28)19-10-8-17(23(26)24(19)27)7-4-15-2-5-16(6-3-15)18-9-11-20(21(25)12-18)22-13-29-22/h4,7-12,14-16,22,28H,2-3,5-6,13H2,1H3/b7-4+. The van der Waals surface area contributed by atoms with Gasteiger partial charge in [0.2, 0.25) is 0 Å². The van der Waals surface area contributed by atoms with Crippen molar-refractivity contribution in [2.45, 2.75) is 50.7 Å². The topological polar surface area (TPSA) is 32.8 Å². The first-order chi connectivity index (χ1) is 13.9. The third kappa shape index (κ3) is 4.41. The Morgan fingerprint density at radius 2 is 1.76 bits per heavy atom. The number of rotatable bonds is 5. The zero-order valence-corrected chi connectivity index (χ0v) is 16.4. The van der Waals surface area contributed by atoms with Gasteiger partial charge < -0.3 is 9.84 Å². The molecule has 0 spiro atoms. The van der Waals surface area contributed by atoms with E-state index in [-0.39, 0.29) is 29.0 Å². The molecule has 2 nitrogen and oxygen atoms in total. The van der Waals surface area contributed by atoms with Crippen LogP contribution in [0.25, 0.3) is 6.08 Å². The largest absolute Gasteiger partial charge is 0.389 e. The summed E-state index contributed by atoms with van der Waals surface area (Å²) in [4.78, 5) is 0. The van der Waals surface area contributed by atoms with E-state index >= 15 is 0 Å². The van der Waals surface area contributed by atoms with Gasteiger partial charge in [0.25, 0.3) is 0 Å². The predicted molar refractivity (Wildman–Crippen MR) is 106 cm³/mol. The third-order valence-electron chi connectivity index (χ3n) is 6.09. The van der Waals surface area contributed by atoms with Crippen LogP contribution in [-0.2, 0) is 4.74 Å². The van der Waals surface area contributed by atoms with Crippen molar-refractivity contribution in [2.24, 2.45) is 5.92 Å². The average molecular weight is 402 g/mol. The molecule has 2 aromatic carbocycles. The van der Waals surface area contributed by atoms with Crippen LogP contribution in [0.15, 0.2) is 36.4 Å². The lowest BCUT2D eigenvalue weighted by molar-refractivity contribution is 0.192. The molecule has 5 heteroatoms. The minimum atomic E-state index is -1.05. The quantitative estimate of drug-likeness (QED) is 0.603. The molecule has 2 unspecified atom stereocenters. The molecule has 1 aliphatic heterocycles. The van der Waals surface area contributed by atoms with Crippen molar-refractivity contribution in [3.8, 4) is 0 Å². The fourth-order valence-electron chi connectivity index (χ4n) is 4.20. The van der Waals surface area contributed by atoms with Gasteiger partial charge in [-0.05, 0) is 56.1 Å². The van der Waals surface area contributed by atoms with Gasteiger partial charge in [0.1, 0.15) is 11.9 Å². The van der Waals surface area contributed by atoms with Crippen molar-refractivity contribution in [1.82, 2.24) is 0 Å². The Labute approximate surface area is 169 Å². The number of ether oxygens (including phenoxy) is 1. The van der Waals surface area contributed by atoms with Crippen LogP contribution in [0.3, 0.4) is 0 Å². The number of benzene rings is 2. The second-order valence-electron chi connectivity index (χ2n) is 8.12. The first kappa shape index (κ1) is 20.2. The second kappa shape index (κ2) is 8.33. The molecule has 1 aliphatic carbocycles. The van der Waals surface area contributed by atoms with Gasteiger partial charge in [-0.15, -0.1) is 0 Å². The van der Waals surface area contributed by atoms with Gasteiger partial charge in [-0.1, -0.05) is 36.4 Å². The zero-order chi connectivity index (χ0) is 20.5. The van der Waals surface area contributed by atoms with E-state index in [1.54, 1.807) is 12.1 Å². The molecule has 1 saturated heterocycles. The van der Waals surface area contributed by atoms with Crippen LogP contribution in [0.5, 0.6) is 0 Å². The van der Waals surface area contributed by atoms with Crippen molar-refractivity contribution in [3.05, 3.63) is 76.1 Å². The second-order valence-corrected chi connectivity index (χ2v) is 8.12. The highest BCUT2D eigenvalue weighted by Gasteiger charge is 2.29. The zero-order valence-electron chi connectivity index (χ0n) is 16.4. The Balaban J connectivity index is 1.38. The number of aliphatic hydroxyl groups excluding tert-OH is 1. The summed E-state index contributed by atoms with van der Waals surface area (Å²) in [7, 11) is 0. The van der Waals surface area contributed by atoms with Gasteiger partial charge >= 0.3 is 0 Å². The first-order valence-corrected chi connectivity index (χ1v) is 10.2. The van der Waals surface area contributed by atoms with E-state index in [0.717, 1.165) is 31.2 Å². The molecule has 0 bridgehead atoms. The summed E-state index contributed by atoms with van der Waals surface area (Å²) in [5.74, 6) is -1.50. The number of epoxide rings is 1. The van der Waals surface area contributed by atoms with Crippen molar-refractivity contribution in [3.63, 3.8) is 0 Å². The molecule has 0 amide bonds. The van der Waals surface area contributed by atoms with Gasteiger partial charge in [-0.2, -0.15) is 0 Å². The highest BCUT2D eigenvalue weighted by atomic mass is 19.2. The normalized spacial score (nSPS) is 25.3. The maximum atomic E-state index is 14.3. The van der Waals surface area contributed by atoms with Gasteiger partial charge in [0, 0.05) is 16.7 Å². The minimum absolute atomic E-state index is 0.0355. The monoisotopic (exact) mass is 402 g/mol. The Morgan fingerprint density at radius 1 is 1.03 bits per heavy atom. The lowest BCUT2D eigenvalue weighted by Gasteiger charge is -2.27. The van der Waals surface area contributed by atoms with E-state index in [2.05, 4.69) is 0 Å². The van der Waals surface area contributed by atoms with Crippen molar-refractivity contribution in [1.29, 1.82) is 0 Å². The van der Waals surface area contributed by atoms with Crippen LogP contribution in [0.2, 0.25) is 0 Å². The predicted octanol–water partition coefficient (Wildman–Crippen LogP) is 6.22. The molecule has 0 radical (unpaired) electrons. The first-order valence-electron chi connectivity index (χ1n) is 10.2. The Kier molecular flexibility index (Phi) is 5.79. The average Bonchev–Trinajstić information content (AvgIpc) is 3.54. The molecule has 1 saturated carbocycles. The van der Waals surface area contributed by atoms with Crippen LogP contribution in [-0.4, -0.2) is 11.7 Å². The lowest BCUT2D eigenvalue weighted by Crippen LogP contribution is -2.12. The molecule has 2 fully saturated rings. The maximum absolute atomic E-state index is 14.3. The highest BCUT2D eigenvalue weighted by Crippen LogP contribution is 2.39. The summed E-state index contributed by atoms with van der Waals surface area (Å²) in [6.45, 7) is 2.00. The van der Waals surface area contributed by atoms with Crippen LogP contribution in [0.4, 0.5) is 13.2 Å².